The molecule has 0 atom stereocenters. The minimum atomic E-state index is -0.0514. The number of hydrogen-bond donors (Lipinski definition) is 1. The Labute approximate surface area is 114 Å². The van der Waals surface area contributed by atoms with Crippen LogP contribution in [-0.4, -0.2) is 20.1 Å². The second-order valence-corrected chi connectivity index (χ2v) is 3.89. The maximum atomic E-state index is 11.8. The highest BCUT2D eigenvalue weighted by atomic mass is 16.5. The summed E-state index contributed by atoms with van der Waals surface area (Å²) in [5.41, 5.74) is 0.619. The van der Waals surface area contributed by atoms with E-state index in [0.717, 1.165) is 12.8 Å². The molecule has 102 valence electrons. The van der Waals surface area contributed by atoms with Crippen molar-refractivity contribution in [2.75, 3.05) is 19.5 Å². The third kappa shape index (κ3) is 4.92. The zero-order valence-corrected chi connectivity index (χ0v) is 11.6. The van der Waals surface area contributed by atoms with E-state index in [1.165, 1.54) is 0 Å². The van der Waals surface area contributed by atoms with E-state index in [2.05, 4.69) is 17.2 Å². The third-order valence-electron chi connectivity index (χ3n) is 2.56. The Hall–Kier alpha value is -2.15. The van der Waals surface area contributed by atoms with Crippen molar-refractivity contribution in [1.82, 2.24) is 0 Å². The molecule has 0 saturated carbocycles. The molecule has 0 heterocycles. The number of methoxy groups -OCH3 is 2. The summed E-state index contributed by atoms with van der Waals surface area (Å²) in [6.07, 6.45) is 1.92. The standard InChI is InChI=1S/C15H19NO3/c1-4-5-6-7-8-15(17)16-13-11-12(18-2)9-10-14(13)19-3/h9-11H,6-8H2,1-3H3,(H,16,17). The first-order valence-corrected chi connectivity index (χ1v) is 6.12. The summed E-state index contributed by atoms with van der Waals surface area (Å²) in [5.74, 6) is 6.98. The monoisotopic (exact) mass is 261 g/mol. The highest BCUT2D eigenvalue weighted by Crippen LogP contribution is 2.28. The second kappa shape index (κ2) is 8.04. The molecule has 0 bridgehead atoms. The van der Waals surface area contributed by atoms with E-state index in [1.807, 2.05) is 0 Å². The van der Waals surface area contributed by atoms with Gasteiger partial charge in [-0.2, -0.15) is 0 Å². The number of anilines is 1. The van der Waals surface area contributed by atoms with E-state index in [4.69, 9.17) is 9.47 Å². The number of unbranched alkanes of at least 4 members (excludes halogenated alkanes) is 1. The average Bonchev–Trinajstić information content (AvgIpc) is 2.43. The van der Waals surface area contributed by atoms with Crippen LogP contribution in [0.15, 0.2) is 18.2 Å². The summed E-state index contributed by atoms with van der Waals surface area (Å²) in [7, 11) is 3.14. The Morgan fingerprint density at radius 3 is 2.74 bits per heavy atom. The van der Waals surface area contributed by atoms with E-state index in [9.17, 15) is 4.79 Å². The summed E-state index contributed by atoms with van der Waals surface area (Å²) in [5, 5.41) is 2.82. The molecule has 19 heavy (non-hydrogen) atoms. The lowest BCUT2D eigenvalue weighted by Gasteiger charge is -2.11. The predicted molar refractivity (Wildman–Crippen MR) is 75.5 cm³/mol. The average molecular weight is 261 g/mol. The van der Waals surface area contributed by atoms with Crippen molar-refractivity contribution in [2.24, 2.45) is 0 Å². The maximum Gasteiger partial charge on any atom is 0.224 e. The molecule has 0 aliphatic carbocycles. The van der Waals surface area contributed by atoms with Gasteiger partial charge < -0.3 is 14.8 Å². The lowest BCUT2D eigenvalue weighted by atomic mass is 10.2. The number of carbonyl (C=O) groups excluding carboxylic acids is 1. The van der Waals surface area contributed by atoms with Crippen LogP contribution < -0.4 is 14.8 Å². The molecule has 1 aromatic carbocycles. The lowest BCUT2D eigenvalue weighted by molar-refractivity contribution is -0.116. The predicted octanol–water partition coefficient (Wildman–Crippen LogP) is 2.84. The van der Waals surface area contributed by atoms with Crippen molar-refractivity contribution in [2.45, 2.75) is 26.2 Å². The summed E-state index contributed by atoms with van der Waals surface area (Å²) in [6, 6.07) is 5.28. The highest BCUT2D eigenvalue weighted by Gasteiger charge is 2.08. The van der Waals surface area contributed by atoms with Gasteiger partial charge in [0.15, 0.2) is 0 Å². The quantitative estimate of drug-likeness (QED) is 0.632. The smallest absolute Gasteiger partial charge is 0.224 e. The van der Waals surface area contributed by atoms with Gasteiger partial charge in [-0.05, 0) is 25.5 Å². The molecule has 0 saturated heterocycles. The second-order valence-electron chi connectivity index (χ2n) is 3.89. The molecule has 0 radical (unpaired) electrons. The normalized spacial score (nSPS) is 9.21. The number of benzene rings is 1. The maximum absolute atomic E-state index is 11.8. The fourth-order valence-electron chi connectivity index (χ4n) is 1.59. The van der Waals surface area contributed by atoms with Gasteiger partial charge in [-0.1, -0.05) is 0 Å². The first kappa shape index (κ1) is 14.9. The fraction of sp³-hybridized carbons (Fsp3) is 0.400. The summed E-state index contributed by atoms with van der Waals surface area (Å²) in [4.78, 5) is 11.8. The van der Waals surface area contributed by atoms with Crippen LogP contribution in [0.2, 0.25) is 0 Å². The van der Waals surface area contributed by atoms with E-state index in [1.54, 1.807) is 39.3 Å². The SMILES string of the molecule is CC#CCCCC(=O)Nc1cc(OC)ccc1OC. The molecule has 4 heteroatoms. The van der Waals surface area contributed by atoms with Gasteiger partial charge >= 0.3 is 0 Å². The number of rotatable bonds is 6. The molecule has 1 N–H and O–H groups in total. The van der Waals surface area contributed by atoms with Gasteiger partial charge in [-0.25, -0.2) is 0 Å². The zero-order chi connectivity index (χ0) is 14.1. The minimum absolute atomic E-state index is 0.0514. The van der Waals surface area contributed by atoms with Crippen molar-refractivity contribution in [3.05, 3.63) is 18.2 Å². The van der Waals surface area contributed by atoms with Gasteiger partial charge in [-0.15, -0.1) is 11.8 Å². The Balaban J connectivity index is 2.63. The van der Waals surface area contributed by atoms with Crippen LogP contribution in [0.25, 0.3) is 0 Å². The van der Waals surface area contributed by atoms with Crippen LogP contribution in [0.3, 0.4) is 0 Å². The molecular formula is C15H19NO3. The highest BCUT2D eigenvalue weighted by molar-refractivity contribution is 5.92. The van der Waals surface area contributed by atoms with Crippen LogP contribution in [0.1, 0.15) is 26.2 Å². The van der Waals surface area contributed by atoms with Crippen LogP contribution >= 0.6 is 0 Å². The molecule has 1 rings (SSSR count). The van der Waals surface area contributed by atoms with Crippen molar-refractivity contribution in [1.29, 1.82) is 0 Å². The Morgan fingerprint density at radius 1 is 1.32 bits per heavy atom. The zero-order valence-electron chi connectivity index (χ0n) is 11.6. The number of amides is 1. The van der Waals surface area contributed by atoms with Crippen molar-refractivity contribution >= 4 is 11.6 Å². The van der Waals surface area contributed by atoms with Gasteiger partial charge in [0.1, 0.15) is 11.5 Å². The molecule has 1 amide bonds. The number of nitrogens with one attached hydrogen (secondary N) is 1. The van der Waals surface area contributed by atoms with Gasteiger partial charge in [0.05, 0.1) is 19.9 Å². The molecule has 0 fully saturated rings. The molecule has 4 nitrogen and oxygen atoms in total. The Kier molecular flexibility index (Phi) is 6.31. The molecule has 0 aromatic heterocycles. The molecule has 0 spiro atoms. The van der Waals surface area contributed by atoms with Crippen LogP contribution in [0.4, 0.5) is 5.69 Å². The first-order valence-electron chi connectivity index (χ1n) is 6.12. The molecular weight excluding hydrogens is 242 g/mol. The lowest BCUT2D eigenvalue weighted by Crippen LogP contribution is -2.12. The topological polar surface area (TPSA) is 47.6 Å². The van der Waals surface area contributed by atoms with Gasteiger partial charge in [0.25, 0.3) is 0 Å². The van der Waals surface area contributed by atoms with Crippen LogP contribution in [0, 0.1) is 11.8 Å². The first-order chi connectivity index (χ1) is 9.21. The Morgan fingerprint density at radius 2 is 2.11 bits per heavy atom. The Bertz CT molecular complexity index is 486. The van der Waals surface area contributed by atoms with Gasteiger partial charge in [-0.3, -0.25) is 4.79 Å². The summed E-state index contributed by atoms with van der Waals surface area (Å²) >= 11 is 0. The van der Waals surface area contributed by atoms with Crippen molar-refractivity contribution < 1.29 is 14.3 Å². The number of carbonyl (C=O) groups is 1. The molecule has 0 unspecified atom stereocenters. The van der Waals surface area contributed by atoms with E-state index in [0.29, 0.717) is 23.6 Å². The number of ether oxygens (including phenoxy) is 2. The molecule has 0 aliphatic heterocycles. The summed E-state index contributed by atoms with van der Waals surface area (Å²) < 4.78 is 10.3. The van der Waals surface area contributed by atoms with Crippen LogP contribution in [-0.2, 0) is 4.79 Å². The van der Waals surface area contributed by atoms with Crippen LogP contribution in [0.5, 0.6) is 11.5 Å². The third-order valence-corrected chi connectivity index (χ3v) is 2.56. The van der Waals surface area contributed by atoms with E-state index in [-0.39, 0.29) is 5.91 Å². The van der Waals surface area contributed by atoms with Gasteiger partial charge in [0.2, 0.25) is 5.91 Å². The minimum Gasteiger partial charge on any atom is -0.497 e. The van der Waals surface area contributed by atoms with Gasteiger partial charge in [0, 0.05) is 18.9 Å². The molecule has 0 aliphatic rings. The van der Waals surface area contributed by atoms with Crippen molar-refractivity contribution in [3.8, 4) is 23.3 Å². The fourth-order valence-corrected chi connectivity index (χ4v) is 1.59. The number of hydrogen-bond acceptors (Lipinski definition) is 3. The van der Waals surface area contributed by atoms with Crippen molar-refractivity contribution in [3.63, 3.8) is 0 Å². The molecule has 1 aromatic rings. The largest absolute Gasteiger partial charge is 0.497 e. The summed E-state index contributed by atoms with van der Waals surface area (Å²) in [6.45, 7) is 1.79. The van der Waals surface area contributed by atoms with E-state index < -0.39 is 0 Å². The van der Waals surface area contributed by atoms with E-state index >= 15 is 0 Å².